The number of fused-ring (bicyclic) bond motifs is 2. The lowest BCUT2D eigenvalue weighted by Crippen LogP contribution is -2.38. The third-order valence-corrected chi connectivity index (χ3v) is 4.99. The molecule has 5 rings (SSSR count). The molecule has 1 saturated heterocycles. The molecule has 10 heteroatoms. The van der Waals surface area contributed by atoms with Gasteiger partial charge in [0, 0.05) is 19.2 Å². The fourth-order valence-corrected chi connectivity index (χ4v) is 3.54. The third-order valence-electron chi connectivity index (χ3n) is 4.99. The summed E-state index contributed by atoms with van der Waals surface area (Å²) in [7, 11) is 0. The number of piperidine rings is 1. The van der Waals surface area contributed by atoms with Crippen molar-refractivity contribution in [3.63, 3.8) is 0 Å². The molecule has 1 fully saturated rings. The minimum absolute atomic E-state index is 0.0846. The molecule has 1 N–H and O–H groups in total. The van der Waals surface area contributed by atoms with Gasteiger partial charge in [-0.25, -0.2) is 19.4 Å². The van der Waals surface area contributed by atoms with Gasteiger partial charge in [0.2, 0.25) is 12.7 Å². The minimum atomic E-state index is -0.884. The molecule has 0 aliphatic carbocycles. The van der Waals surface area contributed by atoms with E-state index in [1.807, 2.05) is 4.68 Å². The first kappa shape index (κ1) is 16.6. The zero-order valence-electron chi connectivity index (χ0n) is 14.8. The molecule has 1 amide bonds. The highest BCUT2D eigenvalue weighted by molar-refractivity contribution is 5.80. The van der Waals surface area contributed by atoms with Gasteiger partial charge >= 0.3 is 6.09 Å². The van der Waals surface area contributed by atoms with Gasteiger partial charge < -0.3 is 24.2 Å². The van der Waals surface area contributed by atoms with Crippen LogP contribution in [0.5, 0.6) is 23.1 Å². The normalized spacial score (nSPS) is 16.5. The predicted octanol–water partition coefficient (Wildman–Crippen LogP) is 2.66. The van der Waals surface area contributed by atoms with E-state index in [1.54, 1.807) is 24.4 Å². The minimum Gasteiger partial charge on any atom is -0.465 e. The zero-order valence-corrected chi connectivity index (χ0v) is 14.8. The molecule has 0 spiro atoms. The molecule has 4 heterocycles. The maximum atomic E-state index is 11.1. The largest absolute Gasteiger partial charge is 0.465 e. The Morgan fingerprint density at radius 3 is 2.82 bits per heavy atom. The Bertz CT molecular complexity index is 1040. The molecule has 3 aromatic rings. The Hall–Kier alpha value is -3.56. The number of hydrogen-bond donors (Lipinski definition) is 1. The van der Waals surface area contributed by atoms with Gasteiger partial charge in [-0.05, 0) is 25.0 Å². The molecule has 144 valence electrons. The molecule has 0 unspecified atom stereocenters. The Morgan fingerprint density at radius 1 is 1.18 bits per heavy atom. The molecule has 1 aromatic carbocycles. The molecule has 0 radical (unpaired) electrons. The maximum absolute atomic E-state index is 11.1. The summed E-state index contributed by atoms with van der Waals surface area (Å²) >= 11 is 0. The van der Waals surface area contributed by atoms with E-state index in [2.05, 4.69) is 15.1 Å². The number of hydrogen-bond acceptors (Lipinski definition) is 7. The smallest absolute Gasteiger partial charge is 0.407 e. The summed E-state index contributed by atoms with van der Waals surface area (Å²) in [6.07, 6.45) is 3.61. The topological polar surface area (TPSA) is 112 Å². The van der Waals surface area contributed by atoms with Crippen molar-refractivity contribution in [3.05, 3.63) is 30.7 Å². The molecular formula is C18H17N5O5. The van der Waals surface area contributed by atoms with E-state index in [9.17, 15) is 4.79 Å². The van der Waals surface area contributed by atoms with Gasteiger partial charge in [0.1, 0.15) is 17.5 Å². The van der Waals surface area contributed by atoms with Crippen LogP contribution in [0.15, 0.2) is 30.7 Å². The van der Waals surface area contributed by atoms with Gasteiger partial charge in [-0.15, -0.1) is 0 Å². The van der Waals surface area contributed by atoms with E-state index in [-0.39, 0.29) is 12.8 Å². The quantitative estimate of drug-likeness (QED) is 0.735. The van der Waals surface area contributed by atoms with Crippen LogP contribution in [-0.4, -0.2) is 55.7 Å². The number of likely N-dealkylation sites (tertiary alicyclic amines) is 1. The van der Waals surface area contributed by atoms with Gasteiger partial charge in [0.05, 0.1) is 12.2 Å². The third kappa shape index (κ3) is 2.82. The van der Waals surface area contributed by atoms with E-state index in [0.717, 1.165) is 0 Å². The van der Waals surface area contributed by atoms with Crippen molar-refractivity contribution in [2.45, 2.75) is 18.9 Å². The molecule has 0 atom stereocenters. The Kier molecular flexibility index (Phi) is 3.89. The summed E-state index contributed by atoms with van der Waals surface area (Å²) in [6, 6.07) is 5.41. The zero-order chi connectivity index (χ0) is 19.1. The molecular weight excluding hydrogens is 366 g/mol. The lowest BCUT2D eigenvalue weighted by Gasteiger charge is -2.30. The fraction of sp³-hybridized carbons (Fsp3) is 0.333. The lowest BCUT2D eigenvalue weighted by atomic mass is 10.1. The van der Waals surface area contributed by atoms with Crippen molar-refractivity contribution in [1.29, 1.82) is 0 Å². The Morgan fingerprint density at radius 2 is 2.00 bits per heavy atom. The maximum Gasteiger partial charge on any atom is 0.407 e. The molecule has 0 saturated carbocycles. The molecule has 10 nitrogen and oxygen atoms in total. The van der Waals surface area contributed by atoms with E-state index in [4.69, 9.17) is 19.3 Å². The van der Waals surface area contributed by atoms with Crippen molar-refractivity contribution in [1.82, 2.24) is 24.6 Å². The second kappa shape index (κ2) is 6.55. The van der Waals surface area contributed by atoms with Crippen molar-refractivity contribution in [2.24, 2.45) is 0 Å². The van der Waals surface area contributed by atoms with Crippen LogP contribution in [0.4, 0.5) is 4.79 Å². The monoisotopic (exact) mass is 383 g/mol. The van der Waals surface area contributed by atoms with E-state index < -0.39 is 6.09 Å². The van der Waals surface area contributed by atoms with Crippen LogP contribution in [0, 0.1) is 0 Å². The summed E-state index contributed by atoms with van der Waals surface area (Å²) in [5.74, 6) is 2.29. The summed E-state index contributed by atoms with van der Waals surface area (Å²) in [5, 5.41) is 14.3. The van der Waals surface area contributed by atoms with Gasteiger partial charge in [-0.3, -0.25) is 0 Å². The van der Waals surface area contributed by atoms with Crippen molar-refractivity contribution in [3.8, 4) is 23.1 Å². The first-order chi connectivity index (χ1) is 13.7. The van der Waals surface area contributed by atoms with Gasteiger partial charge in [-0.1, -0.05) is 0 Å². The van der Waals surface area contributed by atoms with Crippen molar-refractivity contribution < 1.29 is 24.1 Å². The summed E-state index contributed by atoms with van der Waals surface area (Å²) in [5.41, 5.74) is 0.666. The lowest BCUT2D eigenvalue weighted by molar-refractivity contribution is 0.124. The summed E-state index contributed by atoms with van der Waals surface area (Å²) in [4.78, 5) is 21.1. The molecule has 2 aliphatic rings. The number of rotatable bonds is 3. The summed E-state index contributed by atoms with van der Waals surface area (Å²) in [6.45, 7) is 1.16. The number of benzene rings is 1. The van der Waals surface area contributed by atoms with Crippen LogP contribution in [0.3, 0.4) is 0 Å². The predicted molar refractivity (Wildman–Crippen MR) is 95.8 cm³/mol. The highest BCUT2D eigenvalue weighted by Gasteiger charge is 2.26. The number of aromatic nitrogens is 4. The molecule has 28 heavy (non-hydrogen) atoms. The van der Waals surface area contributed by atoms with Crippen LogP contribution in [-0.2, 0) is 0 Å². The molecule has 2 aromatic heterocycles. The first-order valence-electron chi connectivity index (χ1n) is 8.92. The molecule has 2 aliphatic heterocycles. The average Bonchev–Trinajstić information content (AvgIpc) is 3.35. The number of carbonyl (C=O) groups is 1. The van der Waals surface area contributed by atoms with Gasteiger partial charge in [0.15, 0.2) is 17.1 Å². The van der Waals surface area contributed by atoms with E-state index >= 15 is 0 Å². The molecule has 0 bridgehead atoms. The second-order valence-corrected chi connectivity index (χ2v) is 6.62. The number of ether oxygens (including phenoxy) is 3. The average molecular weight is 383 g/mol. The summed E-state index contributed by atoms with van der Waals surface area (Å²) < 4.78 is 18.5. The highest BCUT2D eigenvalue weighted by Crippen LogP contribution is 2.37. The SMILES string of the molecule is O=C(O)N1CCC(n2ncc3c(Oc4ccc5c(c4)OCO5)ncnc32)CC1. The Labute approximate surface area is 159 Å². The Balaban J connectivity index is 1.41. The van der Waals surface area contributed by atoms with Crippen molar-refractivity contribution in [2.75, 3.05) is 19.9 Å². The van der Waals surface area contributed by atoms with Crippen LogP contribution in [0.2, 0.25) is 0 Å². The van der Waals surface area contributed by atoms with Crippen LogP contribution >= 0.6 is 0 Å². The number of amides is 1. The van der Waals surface area contributed by atoms with Crippen molar-refractivity contribution >= 4 is 17.1 Å². The van der Waals surface area contributed by atoms with E-state index in [0.29, 0.717) is 60.1 Å². The van der Waals surface area contributed by atoms with Gasteiger partial charge in [-0.2, -0.15) is 5.10 Å². The van der Waals surface area contributed by atoms with E-state index in [1.165, 1.54) is 11.2 Å². The van der Waals surface area contributed by atoms with Crippen LogP contribution in [0.25, 0.3) is 11.0 Å². The second-order valence-electron chi connectivity index (χ2n) is 6.62. The number of nitrogens with zero attached hydrogens (tertiary/aromatic N) is 5. The van der Waals surface area contributed by atoms with Crippen LogP contribution in [0.1, 0.15) is 18.9 Å². The van der Waals surface area contributed by atoms with Gasteiger partial charge in [0.25, 0.3) is 0 Å². The van der Waals surface area contributed by atoms with Crippen LogP contribution < -0.4 is 14.2 Å². The highest BCUT2D eigenvalue weighted by atomic mass is 16.7. The standard InChI is InChI=1S/C18H17N5O5/c24-18(25)22-5-3-11(4-6-22)23-16-13(8-21-23)17(20-9-19-16)28-12-1-2-14-15(7-12)27-10-26-14/h1-2,7-9,11H,3-6,10H2,(H,24,25). The first-order valence-corrected chi connectivity index (χ1v) is 8.92. The number of carboxylic acid groups (broad SMARTS) is 1. The fourth-order valence-electron chi connectivity index (χ4n) is 3.54.